The summed E-state index contributed by atoms with van der Waals surface area (Å²) >= 11 is 5.98. The van der Waals surface area contributed by atoms with Gasteiger partial charge in [-0.05, 0) is 61.4 Å². The lowest BCUT2D eigenvalue weighted by Crippen LogP contribution is -2.52. The Balaban J connectivity index is 2.08. The topological polar surface area (TPSA) is 96.0 Å². The Hall–Kier alpha value is -3.63. The van der Waals surface area contributed by atoms with Crippen LogP contribution in [0.15, 0.2) is 77.7 Å². The van der Waals surface area contributed by atoms with E-state index >= 15 is 0 Å². The van der Waals surface area contributed by atoms with Crippen molar-refractivity contribution in [2.45, 2.75) is 37.8 Å². The van der Waals surface area contributed by atoms with Crippen molar-refractivity contribution in [1.29, 1.82) is 0 Å². The quantitative estimate of drug-likeness (QED) is 0.340. The molecular weight excluding hydrogens is 545 g/mol. The second-order valence-corrected chi connectivity index (χ2v) is 10.9. The molecule has 208 valence electrons. The van der Waals surface area contributed by atoms with Crippen LogP contribution in [0.25, 0.3) is 0 Å². The van der Waals surface area contributed by atoms with Crippen LogP contribution in [-0.2, 0) is 26.2 Å². The smallest absolute Gasteiger partial charge is 0.264 e. The molecule has 0 aliphatic heterocycles. The van der Waals surface area contributed by atoms with Gasteiger partial charge in [-0.25, -0.2) is 12.8 Å². The van der Waals surface area contributed by atoms with Gasteiger partial charge in [-0.1, -0.05) is 48.9 Å². The number of carbonyl (C=O) groups is 2. The number of likely N-dealkylation sites (N-methyl/N-ethyl adjacent to an activating group) is 1. The van der Waals surface area contributed by atoms with Gasteiger partial charge in [0.05, 0.1) is 22.7 Å². The van der Waals surface area contributed by atoms with Crippen molar-refractivity contribution >= 4 is 39.1 Å². The third-order valence-electron chi connectivity index (χ3n) is 6.03. The Labute approximate surface area is 233 Å². The Bertz CT molecular complexity index is 1410. The maximum atomic E-state index is 14.0. The van der Waals surface area contributed by atoms with Crippen LogP contribution in [0.1, 0.15) is 25.8 Å². The summed E-state index contributed by atoms with van der Waals surface area (Å²) in [5, 5.41) is 2.45. The Morgan fingerprint density at radius 1 is 1.03 bits per heavy atom. The predicted octanol–water partition coefficient (Wildman–Crippen LogP) is 4.63. The molecule has 3 rings (SSSR count). The van der Waals surface area contributed by atoms with Gasteiger partial charge >= 0.3 is 0 Å². The lowest BCUT2D eigenvalue weighted by atomic mass is 10.1. The molecule has 0 radical (unpaired) electrons. The molecule has 11 heteroatoms. The molecule has 0 aliphatic rings. The van der Waals surface area contributed by atoms with Gasteiger partial charge in [0.2, 0.25) is 11.8 Å². The highest BCUT2D eigenvalue weighted by molar-refractivity contribution is 7.92. The molecule has 2 amide bonds. The van der Waals surface area contributed by atoms with E-state index in [-0.39, 0.29) is 34.5 Å². The van der Waals surface area contributed by atoms with E-state index in [4.69, 9.17) is 16.3 Å². The highest BCUT2D eigenvalue weighted by Gasteiger charge is 2.33. The number of nitrogens with zero attached hydrogens (tertiary/aromatic N) is 2. The summed E-state index contributed by atoms with van der Waals surface area (Å²) in [6.45, 7) is 3.27. The number of amides is 2. The maximum Gasteiger partial charge on any atom is 0.264 e. The first kappa shape index (κ1) is 29.9. The highest BCUT2D eigenvalue weighted by Crippen LogP contribution is 2.28. The standard InChI is InChI=1S/C28H31ClFN3O5S/c1-4-26(28(35)31-5-2)32(18-20-10-9-11-22(16-20)38-3)27(34)19-33(21-14-15-25(30)24(29)17-21)39(36,37)23-12-7-6-8-13-23/h6-17,26H,4-5,18-19H2,1-3H3,(H,31,35). The Morgan fingerprint density at radius 3 is 2.36 bits per heavy atom. The number of nitrogens with one attached hydrogen (secondary N) is 1. The first-order valence-corrected chi connectivity index (χ1v) is 14.2. The second-order valence-electron chi connectivity index (χ2n) is 8.61. The average molecular weight is 576 g/mol. The number of hydrogen-bond donors (Lipinski definition) is 1. The first-order chi connectivity index (χ1) is 18.6. The van der Waals surface area contributed by atoms with E-state index in [0.717, 1.165) is 16.4 Å². The van der Waals surface area contributed by atoms with Crippen LogP contribution < -0.4 is 14.4 Å². The van der Waals surface area contributed by atoms with Crippen LogP contribution in [0, 0.1) is 5.82 Å². The number of hydrogen-bond acceptors (Lipinski definition) is 5. The number of benzene rings is 3. The van der Waals surface area contributed by atoms with Gasteiger partial charge in [0.25, 0.3) is 10.0 Å². The minimum absolute atomic E-state index is 0.00555. The predicted molar refractivity (Wildman–Crippen MR) is 149 cm³/mol. The minimum atomic E-state index is -4.27. The van der Waals surface area contributed by atoms with Crippen molar-refractivity contribution in [2.24, 2.45) is 0 Å². The van der Waals surface area contributed by atoms with E-state index < -0.39 is 34.3 Å². The zero-order valence-corrected chi connectivity index (χ0v) is 23.5. The fraction of sp³-hybridized carbons (Fsp3) is 0.286. The molecule has 1 unspecified atom stereocenters. The second kappa shape index (κ2) is 13.4. The van der Waals surface area contributed by atoms with Crippen LogP contribution in [0.3, 0.4) is 0 Å². The van der Waals surface area contributed by atoms with E-state index in [1.54, 1.807) is 56.3 Å². The van der Waals surface area contributed by atoms with Gasteiger partial charge in [-0.2, -0.15) is 0 Å². The molecular formula is C28H31ClFN3O5S. The van der Waals surface area contributed by atoms with E-state index in [9.17, 15) is 22.4 Å². The van der Waals surface area contributed by atoms with Crippen LogP contribution in [0.2, 0.25) is 5.02 Å². The average Bonchev–Trinajstić information content (AvgIpc) is 2.93. The fourth-order valence-corrected chi connectivity index (χ4v) is 5.67. The zero-order chi connectivity index (χ0) is 28.6. The number of halogens is 2. The molecule has 1 atom stereocenters. The summed E-state index contributed by atoms with van der Waals surface area (Å²) in [4.78, 5) is 28.2. The lowest BCUT2D eigenvalue weighted by molar-refractivity contribution is -0.140. The molecule has 0 saturated heterocycles. The lowest BCUT2D eigenvalue weighted by Gasteiger charge is -2.33. The van der Waals surface area contributed by atoms with Gasteiger partial charge < -0.3 is 15.0 Å². The molecule has 0 aromatic heterocycles. The van der Waals surface area contributed by atoms with Crippen LogP contribution in [0.4, 0.5) is 10.1 Å². The van der Waals surface area contributed by atoms with E-state index in [0.29, 0.717) is 17.9 Å². The molecule has 0 spiro atoms. The van der Waals surface area contributed by atoms with E-state index in [2.05, 4.69) is 5.32 Å². The van der Waals surface area contributed by atoms with Gasteiger partial charge in [-0.15, -0.1) is 0 Å². The number of carbonyl (C=O) groups excluding carboxylic acids is 2. The van der Waals surface area contributed by atoms with Crippen molar-refractivity contribution < 1.29 is 27.1 Å². The van der Waals surface area contributed by atoms with Gasteiger partial charge in [0.1, 0.15) is 24.2 Å². The van der Waals surface area contributed by atoms with Gasteiger partial charge in [0.15, 0.2) is 0 Å². The van der Waals surface area contributed by atoms with Crippen LogP contribution >= 0.6 is 11.6 Å². The van der Waals surface area contributed by atoms with Crippen molar-refractivity contribution in [2.75, 3.05) is 24.5 Å². The Morgan fingerprint density at radius 2 is 1.74 bits per heavy atom. The van der Waals surface area contributed by atoms with Crippen molar-refractivity contribution in [3.05, 3.63) is 89.2 Å². The Kier molecular flexibility index (Phi) is 10.3. The third kappa shape index (κ3) is 7.27. The van der Waals surface area contributed by atoms with E-state index in [1.807, 2.05) is 0 Å². The normalized spacial score (nSPS) is 11.9. The molecule has 8 nitrogen and oxygen atoms in total. The molecule has 3 aromatic carbocycles. The first-order valence-electron chi connectivity index (χ1n) is 12.3. The largest absolute Gasteiger partial charge is 0.497 e. The summed E-state index contributed by atoms with van der Waals surface area (Å²) in [6, 6.07) is 17.2. The number of ether oxygens (including phenoxy) is 1. The summed E-state index contributed by atoms with van der Waals surface area (Å²) in [7, 11) is -2.75. The molecule has 3 aromatic rings. The number of rotatable bonds is 12. The SMILES string of the molecule is CCNC(=O)C(CC)N(Cc1cccc(OC)c1)C(=O)CN(c1ccc(F)c(Cl)c1)S(=O)(=O)c1ccccc1. The van der Waals surface area contributed by atoms with Crippen LogP contribution in [-0.4, -0.2) is 51.4 Å². The summed E-state index contributed by atoms with van der Waals surface area (Å²) in [5.41, 5.74) is 0.693. The van der Waals surface area contributed by atoms with Crippen molar-refractivity contribution in [3.63, 3.8) is 0 Å². The molecule has 0 fully saturated rings. The van der Waals surface area contributed by atoms with Crippen LogP contribution in [0.5, 0.6) is 5.75 Å². The zero-order valence-electron chi connectivity index (χ0n) is 21.9. The van der Waals surface area contributed by atoms with Crippen molar-refractivity contribution in [1.82, 2.24) is 10.2 Å². The summed E-state index contributed by atoms with van der Waals surface area (Å²) < 4.78 is 47.6. The summed E-state index contributed by atoms with van der Waals surface area (Å²) in [6.07, 6.45) is 0.287. The molecule has 0 aliphatic carbocycles. The number of sulfonamides is 1. The molecule has 0 saturated carbocycles. The third-order valence-corrected chi connectivity index (χ3v) is 8.10. The monoisotopic (exact) mass is 575 g/mol. The van der Waals surface area contributed by atoms with Gasteiger partial charge in [0, 0.05) is 13.1 Å². The van der Waals surface area contributed by atoms with Crippen molar-refractivity contribution in [3.8, 4) is 5.75 Å². The maximum absolute atomic E-state index is 14.0. The number of anilines is 1. The highest BCUT2D eigenvalue weighted by atomic mass is 35.5. The molecule has 39 heavy (non-hydrogen) atoms. The molecule has 0 heterocycles. The molecule has 1 N–H and O–H groups in total. The van der Waals surface area contributed by atoms with E-state index in [1.165, 1.54) is 30.2 Å². The summed E-state index contributed by atoms with van der Waals surface area (Å²) in [5.74, 6) is -1.15. The van der Waals surface area contributed by atoms with Gasteiger partial charge in [-0.3, -0.25) is 13.9 Å². The minimum Gasteiger partial charge on any atom is -0.497 e. The molecule has 0 bridgehead atoms. The number of methoxy groups -OCH3 is 1. The fourth-order valence-electron chi connectivity index (χ4n) is 4.07.